The highest BCUT2D eigenvalue weighted by molar-refractivity contribution is 7.99. The maximum Gasteiger partial charge on any atom is 0.234 e. The first-order chi connectivity index (χ1) is 10.1. The minimum Gasteiger partial charge on any atom is -0.337 e. The van der Waals surface area contributed by atoms with Gasteiger partial charge in [-0.15, -0.1) is 0 Å². The molecule has 0 saturated carbocycles. The van der Waals surface area contributed by atoms with Gasteiger partial charge in [-0.05, 0) is 37.0 Å². The number of thioether (sulfide) groups is 1. The van der Waals surface area contributed by atoms with Crippen molar-refractivity contribution in [2.45, 2.75) is 38.3 Å². The number of carbonyl (C=O) groups excluding carboxylic acids is 1. The Balaban J connectivity index is 1.84. The molecule has 1 aromatic heterocycles. The largest absolute Gasteiger partial charge is 0.337 e. The predicted octanol–water partition coefficient (Wildman–Crippen LogP) is 3.96. The second kappa shape index (κ2) is 7.31. The maximum atomic E-state index is 11.9. The number of aromatic nitrogens is 2. The second-order valence-corrected chi connectivity index (χ2v) is 6.10. The number of nitrogens with one attached hydrogen (secondary N) is 2. The highest BCUT2D eigenvalue weighted by atomic mass is 32.2. The van der Waals surface area contributed by atoms with Crippen LogP contribution in [0.4, 0.5) is 5.69 Å². The third kappa shape index (κ3) is 4.63. The highest BCUT2D eigenvalue weighted by Gasteiger charge is 2.07. The van der Waals surface area contributed by atoms with Crippen molar-refractivity contribution in [3.63, 3.8) is 0 Å². The summed E-state index contributed by atoms with van der Waals surface area (Å²) in [4.78, 5) is 19.1. The first-order valence-corrected chi connectivity index (χ1v) is 8.11. The number of H-pyrrole nitrogens is 1. The maximum absolute atomic E-state index is 11.9. The van der Waals surface area contributed by atoms with E-state index in [2.05, 4.69) is 41.3 Å². The zero-order valence-electron chi connectivity index (χ0n) is 12.6. The average Bonchev–Trinajstić information content (AvgIpc) is 2.91. The Kier molecular flexibility index (Phi) is 5.44. The van der Waals surface area contributed by atoms with Crippen LogP contribution in [0.1, 0.15) is 37.4 Å². The number of nitrogens with zero attached hydrogens (tertiary/aromatic N) is 1. The lowest BCUT2D eigenvalue weighted by molar-refractivity contribution is -0.113. The fourth-order valence-corrected chi connectivity index (χ4v) is 2.62. The smallest absolute Gasteiger partial charge is 0.234 e. The second-order valence-electron chi connectivity index (χ2n) is 5.14. The summed E-state index contributed by atoms with van der Waals surface area (Å²) < 4.78 is 0. The molecule has 2 aromatic rings. The van der Waals surface area contributed by atoms with Crippen molar-refractivity contribution < 1.29 is 4.79 Å². The van der Waals surface area contributed by atoms with E-state index in [0.717, 1.165) is 23.0 Å². The number of amides is 1. The molecule has 112 valence electrons. The van der Waals surface area contributed by atoms with E-state index >= 15 is 0 Å². The summed E-state index contributed by atoms with van der Waals surface area (Å²) >= 11 is 1.40. The SMILES string of the molecule is CCC(C)c1ccc(NC(=O)CSc2ncc(C)[nH]2)cc1. The Morgan fingerprint density at radius 2 is 2.10 bits per heavy atom. The molecule has 0 aliphatic heterocycles. The monoisotopic (exact) mass is 303 g/mol. The van der Waals surface area contributed by atoms with Crippen molar-refractivity contribution in [1.82, 2.24) is 9.97 Å². The highest BCUT2D eigenvalue weighted by Crippen LogP contribution is 2.21. The fourth-order valence-electron chi connectivity index (χ4n) is 1.92. The zero-order valence-corrected chi connectivity index (χ0v) is 13.5. The molecule has 0 spiro atoms. The van der Waals surface area contributed by atoms with Crippen LogP contribution in [0.3, 0.4) is 0 Å². The molecule has 4 nitrogen and oxygen atoms in total. The van der Waals surface area contributed by atoms with E-state index in [4.69, 9.17) is 0 Å². The van der Waals surface area contributed by atoms with E-state index in [1.807, 2.05) is 19.1 Å². The Hall–Kier alpha value is -1.75. The molecule has 0 aliphatic carbocycles. The van der Waals surface area contributed by atoms with E-state index in [9.17, 15) is 4.79 Å². The number of hydrogen-bond acceptors (Lipinski definition) is 3. The standard InChI is InChI=1S/C16H21N3OS/c1-4-11(2)13-5-7-14(8-6-13)19-15(20)10-21-16-17-9-12(3)18-16/h5-9,11H,4,10H2,1-3H3,(H,17,18)(H,19,20). The van der Waals surface area contributed by atoms with Gasteiger partial charge in [-0.25, -0.2) is 4.98 Å². The van der Waals surface area contributed by atoms with Gasteiger partial charge in [0.2, 0.25) is 5.91 Å². The number of aromatic amines is 1. The minimum atomic E-state index is -0.0228. The van der Waals surface area contributed by atoms with Gasteiger partial charge in [0.1, 0.15) is 0 Å². The lowest BCUT2D eigenvalue weighted by Gasteiger charge is -2.10. The summed E-state index contributed by atoms with van der Waals surface area (Å²) in [5.74, 6) is 0.873. The van der Waals surface area contributed by atoms with Crippen molar-refractivity contribution in [2.75, 3.05) is 11.1 Å². The van der Waals surface area contributed by atoms with Crippen molar-refractivity contribution in [2.24, 2.45) is 0 Å². The first kappa shape index (κ1) is 15.6. The third-order valence-electron chi connectivity index (χ3n) is 3.40. The van der Waals surface area contributed by atoms with Crippen LogP contribution < -0.4 is 5.32 Å². The number of imidazole rings is 1. The van der Waals surface area contributed by atoms with E-state index in [0.29, 0.717) is 11.7 Å². The molecule has 0 bridgehead atoms. The van der Waals surface area contributed by atoms with Crippen LogP contribution in [-0.2, 0) is 4.79 Å². The fraction of sp³-hybridized carbons (Fsp3) is 0.375. The van der Waals surface area contributed by atoms with Crippen molar-refractivity contribution in [1.29, 1.82) is 0 Å². The molecule has 0 radical (unpaired) electrons. The van der Waals surface area contributed by atoms with Gasteiger partial charge in [-0.1, -0.05) is 37.7 Å². The molecular weight excluding hydrogens is 282 g/mol. The van der Waals surface area contributed by atoms with Crippen LogP contribution >= 0.6 is 11.8 Å². The third-order valence-corrected chi connectivity index (χ3v) is 4.28. The van der Waals surface area contributed by atoms with Crippen LogP contribution in [0.2, 0.25) is 0 Å². The number of carbonyl (C=O) groups is 1. The molecule has 1 aromatic carbocycles. The lowest BCUT2D eigenvalue weighted by Crippen LogP contribution is -2.14. The Morgan fingerprint density at radius 1 is 1.38 bits per heavy atom. The van der Waals surface area contributed by atoms with Crippen molar-refractivity contribution in [3.8, 4) is 0 Å². The van der Waals surface area contributed by atoms with Gasteiger partial charge in [0, 0.05) is 17.6 Å². The number of aryl methyl sites for hydroxylation is 1. The predicted molar refractivity (Wildman–Crippen MR) is 87.8 cm³/mol. The average molecular weight is 303 g/mol. The molecule has 21 heavy (non-hydrogen) atoms. The summed E-state index contributed by atoms with van der Waals surface area (Å²) in [5.41, 5.74) is 3.14. The van der Waals surface area contributed by atoms with Crippen LogP contribution in [0.25, 0.3) is 0 Å². The zero-order chi connectivity index (χ0) is 15.2. The number of hydrogen-bond donors (Lipinski definition) is 2. The number of rotatable bonds is 6. The Bertz CT molecular complexity index is 592. The molecule has 2 N–H and O–H groups in total. The van der Waals surface area contributed by atoms with Crippen LogP contribution in [-0.4, -0.2) is 21.6 Å². The van der Waals surface area contributed by atoms with Crippen LogP contribution in [0, 0.1) is 6.92 Å². The van der Waals surface area contributed by atoms with E-state index in [1.165, 1.54) is 17.3 Å². The molecule has 1 heterocycles. The van der Waals surface area contributed by atoms with E-state index < -0.39 is 0 Å². The van der Waals surface area contributed by atoms with Gasteiger partial charge in [0.05, 0.1) is 5.75 Å². The molecule has 1 unspecified atom stereocenters. The van der Waals surface area contributed by atoms with Crippen LogP contribution in [0.5, 0.6) is 0 Å². The van der Waals surface area contributed by atoms with Crippen molar-refractivity contribution in [3.05, 3.63) is 41.7 Å². The first-order valence-electron chi connectivity index (χ1n) is 7.12. The number of anilines is 1. The van der Waals surface area contributed by atoms with Gasteiger partial charge < -0.3 is 10.3 Å². The molecule has 5 heteroatoms. The minimum absolute atomic E-state index is 0.0228. The molecule has 0 fully saturated rings. The quantitative estimate of drug-likeness (QED) is 0.794. The summed E-state index contributed by atoms with van der Waals surface area (Å²) in [6.45, 7) is 6.32. The number of benzene rings is 1. The normalized spacial score (nSPS) is 12.1. The topological polar surface area (TPSA) is 57.8 Å². The Labute approximate surface area is 129 Å². The summed E-state index contributed by atoms with van der Waals surface area (Å²) in [6.07, 6.45) is 2.87. The van der Waals surface area contributed by atoms with Gasteiger partial charge in [0.15, 0.2) is 5.16 Å². The van der Waals surface area contributed by atoms with Gasteiger partial charge in [0.25, 0.3) is 0 Å². The lowest BCUT2D eigenvalue weighted by atomic mass is 9.99. The molecule has 1 atom stereocenters. The molecule has 1 amide bonds. The molecule has 0 aliphatic rings. The summed E-state index contributed by atoms with van der Waals surface area (Å²) in [5, 5.41) is 3.67. The Morgan fingerprint density at radius 3 is 2.67 bits per heavy atom. The van der Waals surface area contributed by atoms with Crippen molar-refractivity contribution >= 4 is 23.4 Å². The van der Waals surface area contributed by atoms with Crippen LogP contribution in [0.15, 0.2) is 35.6 Å². The van der Waals surface area contributed by atoms with Gasteiger partial charge >= 0.3 is 0 Å². The molecule has 0 saturated heterocycles. The van der Waals surface area contributed by atoms with E-state index in [1.54, 1.807) is 6.20 Å². The van der Waals surface area contributed by atoms with Gasteiger partial charge in [-0.3, -0.25) is 4.79 Å². The molecule has 2 rings (SSSR count). The summed E-state index contributed by atoms with van der Waals surface area (Å²) in [7, 11) is 0. The van der Waals surface area contributed by atoms with E-state index in [-0.39, 0.29) is 5.91 Å². The van der Waals surface area contributed by atoms with Gasteiger partial charge in [-0.2, -0.15) is 0 Å². The molecular formula is C16H21N3OS. The summed E-state index contributed by atoms with van der Waals surface area (Å²) in [6, 6.07) is 8.07.